The number of halogens is 4. The first-order chi connectivity index (χ1) is 18.7. The molecule has 0 saturated carbocycles. The number of anilines is 2. The predicted octanol–water partition coefficient (Wildman–Crippen LogP) is 5.25. The lowest BCUT2D eigenvalue weighted by Gasteiger charge is -2.32. The van der Waals surface area contributed by atoms with E-state index in [1.807, 2.05) is 0 Å². The average Bonchev–Trinajstić information content (AvgIpc) is 2.93. The fraction of sp³-hybridized carbons (Fsp3) is 0.308. The number of hydrogen-bond acceptors (Lipinski definition) is 8. The number of nitrogens with one attached hydrogen (secondary N) is 2. The molecule has 2 heterocycles. The normalized spacial score (nSPS) is 14.4. The van der Waals surface area contributed by atoms with E-state index in [1.54, 1.807) is 71.8 Å². The first-order valence-corrected chi connectivity index (χ1v) is 12.8. The van der Waals surface area contributed by atoms with Crippen LogP contribution < -0.4 is 18.4 Å². The number of likely N-dealkylation sites (tertiary alicyclic amines) is 1. The summed E-state index contributed by atoms with van der Waals surface area (Å²) in [5, 5.41) is 15.1. The van der Waals surface area contributed by atoms with E-state index in [1.165, 1.54) is 12.0 Å². The van der Waals surface area contributed by atoms with Crippen LogP contribution in [0.25, 0.3) is 11.1 Å². The summed E-state index contributed by atoms with van der Waals surface area (Å²) in [6, 6.07) is 11.9. The molecule has 0 bridgehead atoms. The molecule has 9 nitrogen and oxygen atoms in total. The van der Waals surface area contributed by atoms with Crippen molar-refractivity contribution in [3.63, 3.8) is 0 Å². The zero-order valence-electron chi connectivity index (χ0n) is 20.8. The van der Waals surface area contributed by atoms with Crippen molar-refractivity contribution in [2.75, 3.05) is 32.1 Å². The molecule has 3 aromatic rings. The van der Waals surface area contributed by atoms with Gasteiger partial charge in [0.05, 0.1) is 24.9 Å². The molecule has 0 spiro atoms. The van der Waals surface area contributed by atoms with E-state index < -0.39 is 12.7 Å². The highest BCUT2D eigenvalue weighted by atomic mass is 127. The van der Waals surface area contributed by atoms with Gasteiger partial charge in [-0.15, -0.1) is 0 Å². The van der Waals surface area contributed by atoms with E-state index in [0.717, 1.165) is 11.1 Å². The van der Waals surface area contributed by atoms with Crippen LogP contribution in [0.5, 0.6) is 11.5 Å². The zero-order chi connectivity index (χ0) is 28.0. The van der Waals surface area contributed by atoms with Crippen LogP contribution >= 0.6 is 23.0 Å². The number of alkyl halides is 3. The maximum absolute atomic E-state index is 12.8. The smallest absolute Gasteiger partial charge is 0.401 e. The summed E-state index contributed by atoms with van der Waals surface area (Å²) in [6.45, 7) is -0.392. The molecule has 1 amide bonds. The summed E-state index contributed by atoms with van der Waals surface area (Å²) in [4.78, 5) is 22.8. The molecule has 1 aliphatic heterocycles. The van der Waals surface area contributed by atoms with Gasteiger partial charge in [-0.1, -0.05) is 6.07 Å². The summed E-state index contributed by atoms with van der Waals surface area (Å²) in [5.74, 6) is 0.815. The van der Waals surface area contributed by atoms with Crippen molar-refractivity contribution in [1.82, 2.24) is 20.2 Å². The second-order valence-corrected chi connectivity index (χ2v) is 9.31. The Labute approximate surface area is 237 Å². The van der Waals surface area contributed by atoms with E-state index >= 15 is 0 Å². The minimum atomic E-state index is -4.23. The molecule has 1 aliphatic rings. The van der Waals surface area contributed by atoms with Gasteiger partial charge in [-0.05, 0) is 48.7 Å². The highest BCUT2D eigenvalue weighted by Gasteiger charge is 2.32. The number of benzene rings is 2. The molecule has 0 atom stereocenters. The molecular formula is C26H24F3IN6O3. The van der Waals surface area contributed by atoms with Crippen molar-refractivity contribution in [2.24, 2.45) is 0 Å². The molecule has 1 saturated heterocycles. The van der Waals surface area contributed by atoms with Crippen LogP contribution in [0, 0.1) is 11.3 Å². The minimum absolute atomic E-state index is 0.201. The van der Waals surface area contributed by atoms with Crippen molar-refractivity contribution < 1.29 is 25.8 Å². The van der Waals surface area contributed by atoms with Gasteiger partial charge in [-0.25, -0.2) is 9.97 Å². The number of aromatic nitrogens is 2. The highest BCUT2D eigenvalue weighted by molar-refractivity contribution is 14.1. The number of piperidine rings is 1. The maximum atomic E-state index is 12.8. The third kappa shape index (κ3) is 7.48. The third-order valence-electron chi connectivity index (χ3n) is 6.21. The van der Waals surface area contributed by atoms with Gasteiger partial charge in [0.25, 0.3) is 5.91 Å². The van der Waals surface area contributed by atoms with Crippen LogP contribution in [0.15, 0.2) is 48.8 Å². The topological polar surface area (TPSA) is 112 Å². The van der Waals surface area contributed by atoms with Gasteiger partial charge < -0.3 is 18.4 Å². The lowest BCUT2D eigenvalue weighted by atomic mass is 10.0. The molecule has 1 aromatic heterocycles. The Balaban J connectivity index is 1.38. The Kier molecular flexibility index (Phi) is 9.08. The number of nitrogens with zero attached hydrogens (tertiary/aromatic N) is 4. The summed E-state index contributed by atoms with van der Waals surface area (Å²) in [6.07, 6.45) is -0.0834. The lowest BCUT2D eigenvalue weighted by molar-refractivity contribution is -0.148. The fourth-order valence-electron chi connectivity index (χ4n) is 4.21. The van der Waals surface area contributed by atoms with Gasteiger partial charge in [-0.3, -0.25) is 9.69 Å². The van der Waals surface area contributed by atoms with Gasteiger partial charge in [0.2, 0.25) is 5.95 Å². The monoisotopic (exact) mass is 652 g/mol. The largest absolute Gasteiger partial charge is 0.495 e. The van der Waals surface area contributed by atoms with Crippen LogP contribution in [0.4, 0.5) is 24.8 Å². The summed E-state index contributed by atoms with van der Waals surface area (Å²) < 4.78 is 48.5. The number of amides is 1. The number of methoxy groups -OCH3 is 1. The Hall–Kier alpha value is -3.64. The number of nitriles is 1. The molecule has 0 aliphatic carbocycles. The first-order valence-electron chi connectivity index (χ1n) is 11.9. The quantitative estimate of drug-likeness (QED) is 0.318. The van der Waals surface area contributed by atoms with Crippen LogP contribution in [0.3, 0.4) is 0 Å². The Morgan fingerprint density at radius 2 is 1.85 bits per heavy atom. The molecule has 1 fully saturated rings. The fourth-order valence-corrected chi connectivity index (χ4v) is 4.58. The molecular weight excluding hydrogens is 628 g/mol. The van der Waals surface area contributed by atoms with Crippen molar-refractivity contribution in [3.05, 3.63) is 59.9 Å². The molecule has 4 rings (SSSR count). The highest BCUT2D eigenvalue weighted by Crippen LogP contribution is 2.30. The third-order valence-corrected chi connectivity index (χ3v) is 6.68. The first kappa shape index (κ1) is 28.4. The van der Waals surface area contributed by atoms with Gasteiger partial charge in [-0.2, -0.15) is 18.4 Å². The molecule has 0 unspecified atom stereocenters. The molecule has 0 radical (unpaired) electrons. The van der Waals surface area contributed by atoms with E-state index in [-0.39, 0.29) is 25.0 Å². The SMILES string of the molecule is COc1cc(C(=O)NC2CCN(CC(F)(F)F)CC2)ccc1Nc1ncc(-c2ccc(C#N)c(OI)c2)cn1. The Bertz CT molecular complexity index is 1360. The molecule has 2 aromatic carbocycles. The summed E-state index contributed by atoms with van der Waals surface area (Å²) in [7, 11) is 1.47. The van der Waals surface area contributed by atoms with Gasteiger partial charge >= 0.3 is 6.18 Å². The summed E-state index contributed by atoms with van der Waals surface area (Å²) in [5.41, 5.74) is 2.83. The molecule has 2 N–H and O–H groups in total. The predicted molar refractivity (Wildman–Crippen MR) is 146 cm³/mol. The lowest BCUT2D eigenvalue weighted by Crippen LogP contribution is -2.47. The minimum Gasteiger partial charge on any atom is -0.495 e. The van der Waals surface area contributed by atoms with Gasteiger partial charge in [0.1, 0.15) is 11.8 Å². The maximum Gasteiger partial charge on any atom is 0.401 e. The van der Waals surface area contributed by atoms with Crippen LogP contribution in [0.2, 0.25) is 0 Å². The zero-order valence-corrected chi connectivity index (χ0v) is 22.9. The van der Waals surface area contributed by atoms with E-state index in [9.17, 15) is 18.0 Å². The van der Waals surface area contributed by atoms with Crippen molar-refractivity contribution >= 4 is 40.5 Å². The van der Waals surface area contributed by atoms with Crippen LogP contribution in [0.1, 0.15) is 28.8 Å². The molecule has 204 valence electrons. The van der Waals surface area contributed by atoms with Crippen molar-refractivity contribution in [3.8, 4) is 28.7 Å². The van der Waals surface area contributed by atoms with Crippen molar-refractivity contribution in [1.29, 1.82) is 5.26 Å². The van der Waals surface area contributed by atoms with Crippen LogP contribution in [-0.4, -0.2) is 59.7 Å². The summed E-state index contributed by atoms with van der Waals surface area (Å²) >= 11 is 1.72. The molecule has 39 heavy (non-hydrogen) atoms. The average molecular weight is 652 g/mol. The standard InChI is InChI=1S/C26H24F3IN6O3/c1-38-23-11-17(24(37)34-20-6-8-36(9-7-20)15-26(27,28)29)4-5-21(23)35-25-32-13-19(14-33-25)16-2-3-18(12-31)22(10-16)39-30/h2-5,10-11,13-14,20H,6-9,15H2,1H3,(H,34,37)(H,32,33,35). The van der Waals surface area contributed by atoms with Crippen LogP contribution in [-0.2, 0) is 0 Å². The number of carbonyl (C=O) groups excluding carboxylic acids is 1. The van der Waals surface area contributed by atoms with Gasteiger partial charge in [0, 0.05) is 42.7 Å². The van der Waals surface area contributed by atoms with Crippen molar-refractivity contribution in [2.45, 2.75) is 25.1 Å². The second-order valence-electron chi connectivity index (χ2n) is 8.87. The number of ether oxygens (including phenoxy) is 1. The van der Waals surface area contributed by atoms with Gasteiger partial charge in [0.15, 0.2) is 28.8 Å². The second kappa shape index (κ2) is 12.5. The number of carbonyl (C=O) groups is 1. The number of rotatable bonds is 8. The Morgan fingerprint density at radius 3 is 2.46 bits per heavy atom. The van der Waals surface area contributed by atoms with E-state index in [0.29, 0.717) is 47.1 Å². The Morgan fingerprint density at radius 1 is 1.13 bits per heavy atom. The van der Waals surface area contributed by atoms with E-state index in [4.69, 9.17) is 13.1 Å². The van der Waals surface area contributed by atoms with E-state index in [2.05, 4.69) is 26.7 Å². The number of hydrogen-bond donors (Lipinski definition) is 2. The molecule has 13 heteroatoms.